The second-order valence-corrected chi connectivity index (χ2v) is 6.11. The van der Waals surface area contributed by atoms with Crippen molar-refractivity contribution >= 4 is 11.6 Å². The third-order valence-electron chi connectivity index (χ3n) is 4.91. The smallest absolute Gasteiger partial charge is 0.310 e. The van der Waals surface area contributed by atoms with Crippen LogP contribution < -0.4 is 10.2 Å². The molecule has 5 nitrogen and oxygen atoms in total. The third kappa shape index (κ3) is 2.04. The van der Waals surface area contributed by atoms with Gasteiger partial charge in [-0.15, -0.1) is 0 Å². The number of alkyl halides is 3. The van der Waals surface area contributed by atoms with Crippen molar-refractivity contribution in [1.29, 1.82) is 5.26 Å². The van der Waals surface area contributed by atoms with Gasteiger partial charge in [0.1, 0.15) is 6.04 Å². The highest BCUT2D eigenvalue weighted by atomic mass is 19.4. The van der Waals surface area contributed by atoms with E-state index in [1.165, 1.54) is 11.0 Å². The molecule has 3 saturated heterocycles. The summed E-state index contributed by atoms with van der Waals surface area (Å²) in [5.74, 6) is -0.178. The van der Waals surface area contributed by atoms with Crippen molar-refractivity contribution in [2.24, 2.45) is 0 Å². The molecule has 0 aliphatic carbocycles. The number of benzene rings is 1. The molecule has 1 N–H and O–H groups in total. The largest absolute Gasteiger partial charge is 0.417 e. The van der Waals surface area contributed by atoms with Crippen LogP contribution in [0.4, 0.5) is 18.9 Å². The molecule has 0 spiro atoms. The Kier molecular flexibility index (Phi) is 2.95. The van der Waals surface area contributed by atoms with Crippen molar-refractivity contribution in [1.82, 2.24) is 10.2 Å². The lowest BCUT2D eigenvalue weighted by molar-refractivity contribution is -0.137. The SMILES string of the molecule is N#Cc1ccc(N2CN3C4CNC(C4)[C@@H]3C2=O)cc1C(F)(F)F. The molecule has 1 amide bonds. The van der Waals surface area contributed by atoms with Crippen molar-refractivity contribution in [3.63, 3.8) is 0 Å². The van der Waals surface area contributed by atoms with Crippen LogP contribution in [0.2, 0.25) is 0 Å². The lowest BCUT2D eigenvalue weighted by atomic mass is 10.1. The fraction of sp³-hybridized carbons (Fsp3) is 0.467. The summed E-state index contributed by atoms with van der Waals surface area (Å²) in [6.07, 6.45) is -3.72. The number of halogens is 3. The first kappa shape index (κ1) is 14.5. The molecule has 1 aromatic carbocycles. The van der Waals surface area contributed by atoms with E-state index in [2.05, 4.69) is 10.2 Å². The van der Waals surface area contributed by atoms with Gasteiger partial charge in [-0.1, -0.05) is 0 Å². The number of piperazine rings is 1. The number of hydrogen-bond acceptors (Lipinski definition) is 4. The molecule has 3 aliphatic heterocycles. The Morgan fingerprint density at radius 2 is 2.13 bits per heavy atom. The topological polar surface area (TPSA) is 59.4 Å². The Hall–Kier alpha value is -2.11. The summed E-state index contributed by atoms with van der Waals surface area (Å²) in [6.45, 7) is 1.11. The van der Waals surface area contributed by atoms with Crippen LogP contribution in [0.1, 0.15) is 17.5 Å². The van der Waals surface area contributed by atoms with E-state index in [-0.39, 0.29) is 29.7 Å². The molecule has 120 valence electrons. The number of nitrogens with one attached hydrogen (secondary N) is 1. The molecular formula is C15H13F3N4O. The zero-order valence-corrected chi connectivity index (χ0v) is 12.0. The number of hydrogen-bond donors (Lipinski definition) is 1. The maximum absolute atomic E-state index is 13.1. The number of nitrogens with zero attached hydrogens (tertiary/aromatic N) is 3. The van der Waals surface area contributed by atoms with Gasteiger partial charge < -0.3 is 5.32 Å². The van der Waals surface area contributed by atoms with Crippen molar-refractivity contribution in [3.8, 4) is 6.07 Å². The molecule has 23 heavy (non-hydrogen) atoms. The molecule has 3 fully saturated rings. The summed E-state index contributed by atoms with van der Waals surface area (Å²) < 4.78 is 39.3. The van der Waals surface area contributed by atoms with Crippen molar-refractivity contribution in [3.05, 3.63) is 29.3 Å². The molecule has 1 aromatic rings. The molecule has 3 aliphatic rings. The van der Waals surface area contributed by atoms with Crippen LogP contribution in [0.25, 0.3) is 0 Å². The van der Waals surface area contributed by atoms with E-state index in [9.17, 15) is 18.0 Å². The highest BCUT2D eigenvalue weighted by Gasteiger charge is 2.55. The van der Waals surface area contributed by atoms with Gasteiger partial charge in [0.2, 0.25) is 5.91 Å². The number of carbonyl (C=O) groups excluding carboxylic acids is 1. The number of fused-ring (bicyclic) bond motifs is 5. The zero-order valence-electron chi connectivity index (χ0n) is 12.0. The van der Waals surface area contributed by atoms with Crippen LogP contribution in [0.3, 0.4) is 0 Å². The van der Waals surface area contributed by atoms with E-state index in [0.29, 0.717) is 6.67 Å². The minimum atomic E-state index is -4.62. The van der Waals surface area contributed by atoms with E-state index in [1.54, 1.807) is 6.07 Å². The van der Waals surface area contributed by atoms with Gasteiger partial charge in [-0.25, -0.2) is 0 Å². The number of amides is 1. The van der Waals surface area contributed by atoms with Gasteiger partial charge in [0.25, 0.3) is 0 Å². The normalized spacial score (nSPS) is 29.9. The van der Waals surface area contributed by atoms with Crippen molar-refractivity contribution in [2.75, 3.05) is 18.1 Å². The van der Waals surface area contributed by atoms with Gasteiger partial charge in [0, 0.05) is 24.3 Å². The van der Waals surface area contributed by atoms with Crippen molar-refractivity contribution < 1.29 is 18.0 Å². The molecule has 3 atom stereocenters. The fourth-order valence-corrected chi connectivity index (χ4v) is 3.85. The minimum absolute atomic E-state index is 0.0815. The lowest BCUT2D eigenvalue weighted by Crippen LogP contribution is -2.50. The number of carbonyl (C=O) groups is 1. The Balaban J connectivity index is 1.70. The average Bonchev–Trinajstić information content (AvgIpc) is 3.19. The first-order valence-corrected chi connectivity index (χ1v) is 7.32. The summed E-state index contributed by atoms with van der Waals surface area (Å²) in [5, 5.41) is 12.1. The molecule has 2 bridgehead atoms. The molecule has 0 saturated carbocycles. The van der Waals surface area contributed by atoms with E-state index >= 15 is 0 Å². The van der Waals surface area contributed by atoms with Gasteiger partial charge in [-0.2, -0.15) is 18.4 Å². The molecule has 3 heterocycles. The second kappa shape index (κ2) is 4.69. The maximum atomic E-state index is 13.1. The summed E-state index contributed by atoms with van der Waals surface area (Å²) >= 11 is 0. The van der Waals surface area contributed by atoms with Crippen LogP contribution in [0.5, 0.6) is 0 Å². The highest BCUT2D eigenvalue weighted by molar-refractivity contribution is 6.00. The predicted molar refractivity (Wildman–Crippen MR) is 74.3 cm³/mol. The van der Waals surface area contributed by atoms with E-state index in [1.807, 2.05) is 0 Å². The third-order valence-corrected chi connectivity index (χ3v) is 4.91. The van der Waals surface area contributed by atoms with Gasteiger partial charge in [-0.3, -0.25) is 14.6 Å². The van der Waals surface area contributed by atoms with Crippen LogP contribution in [0.15, 0.2) is 18.2 Å². The first-order chi connectivity index (χ1) is 10.9. The summed E-state index contributed by atoms with van der Waals surface area (Å²) in [7, 11) is 0. The molecule has 0 radical (unpaired) electrons. The van der Waals surface area contributed by atoms with Crippen LogP contribution >= 0.6 is 0 Å². The number of anilines is 1. The number of rotatable bonds is 1. The average molecular weight is 322 g/mol. The predicted octanol–water partition coefficient (Wildman–Crippen LogP) is 1.30. The van der Waals surface area contributed by atoms with Crippen LogP contribution in [-0.4, -0.2) is 42.1 Å². The lowest BCUT2D eigenvalue weighted by Gasteiger charge is -2.26. The second-order valence-electron chi connectivity index (χ2n) is 6.11. The molecule has 2 unspecified atom stereocenters. The standard InChI is InChI=1S/C15H13F3N4O/c16-15(17,18)11-3-9(2-1-8(11)5-19)22-7-21-10-4-12(20-6-10)13(21)14(22)23/h1-3,10,12-13,20H,4,6-7H2/t10?,12?,13-/m1/s1. The maximum Gasteiger partial charge on any atom is 0.417 e. The summed E-state index contributed by atoms with van der Waals surface area (Å²) in [5.41, 5.74) is -1.25. The fourth-order valence-electron chi connectivity index (χ4n) is 3.85. The van der Waals surface area contributed by atoms with Crippen LogP contribution in [0, 0.1) is 11.3 Å². The number of nitriles is 1. The van der Waals surface area contributed by atoms with Crippen molar-refractivity contribution in [2.45, 2.75) is 30.7 Å². The van der Waals surface area contributed by atoms with Gasteiger partial charge >= 0.3 is 6.18 Å². The van der Waals surface area contributed by atoms with E-state index in [4.69, 9.17) is 5.26 Å². The summed E-state index contributed by atoms with van der Waals surface area (Å²) in [6, 6.07) is 5.03. The quantitative estimate of drug-likeness (QED) is 0.847. The van der Waals surface area contributed by atoms with E-state index in [0.717, 1.165) is 25.1 Å². The molecular weight excluding hydrogens is 309 g/mol. The molecule has 4 rings (SSSR count). The van der Waals surface area contributed by atoms with E-state index < -0.39 is 17.3 Å². The summed E-state index contributed by atoms with van der Waals surface area (Å²) in [4.78, 5) is 16.0. The Morgan fingerprint density at radius 1 is 1.35 bits per heavy atom. The highest BCUT2D eigenvalue weighted by Crippen LogP contribution is 2.39. The van der Waals surface area contributed by atoms with Crippen LogP contribution in [-0.2, 0) is 11.0 Å². The van der Waals surface area contributed by atoms with Gasteiger partial charge in [-0.05, 0) is 24.6 Å². The monoisotopic (exact) mass is 322 g/mol. The Bertz CT molecular complexity index is 726. The minimum Gasteiger partial charge on any atom is -0.310 e. The van der Waals surface area contributed by atoms with Gasteiger partial charge in [0.15, 0.2) is 0 Å². The Morgan fingerprint density at radius 3 is 2.78 bits per heavy atom. The Labute approximate surface area is 130 Å². The first-order valence-electron chi connectivity index (χ1n) is 7.32. The molecule has 0 aromatic heterocycles. The molecule has 8 heteroatoms. The van der Waals surface area contributed by atoms with Gasteiger partial charge in [0.05, 0.1) is 23.9 Å². The zero-order chi connectivity index (χ0) is 16.4.